The number of rotatable bonds is 4. The number of nitrogens with zero attached hydrogens (tertiary/aromatic N) is 4. The molecule has 1 aromatic heterocycles. The van der Waals surface area contributed by atoms with Crippen molar-refractivity contribution in [3.05, 3.63) is 47.5 Å². The molecule has 2 aromatic rings. The summed E-state index contributed by atoms with van der Waals surface area (Å²) in [5, 5.41) is 8.41. The quantitative estimate of drug-likeness (QED) is 0.865. The van der Waals surface area contributed by atoms with Gasteiger partial charge in [-0.25, -0.2) is 0 Å². The molecule has 0 saturated carbocycles. The number of piperidine rings is 1. The molecular weight excluding hydrogens is 260 g/mol. The summed E-state index contributed by atoms with van der Waals surface area (Å²) >= 11 is 0. The maximum atomic E-state index is 4.27. The third-order valence-electron chi connectivity index (χ3n) is 4.62. The lowest BCUT2D eigenvalue weighted by atomic mass is 9.90. The Bertz CT molecular complexity index is 568. The summed E-state index contributed by atoms with van der Waals surface area (Å²) in [6.45, 7) is 5.27. The molecule has 0 spiro atoms. The Hall–Kier alpha value is -1.68. The Kier molecular flexibility index (Phi) is 4.34. The first-order chi connectivity index (χ1) is 10.2. The molecule has 0 bridgehead atoms. The number of benzene rings is 1. The fourth-order valence-corrected chi connectivity index (χ4v) is 3.08. The number of hydrogen-bond acceptors (Lipinski definition) is 3. The molecule has 3 rings (SSSR count). The molecule has 1 fully saturated rings. The monoisotopic (exact) mass is 284 g/mol. The third kappa shape index (κ3) is 3.50. The molecule has 112 valence electrons. The van der Waals surface area contributed by atoms with E-state index in [1.807, 2.05) is 14.0 Å². The third-order valence-corrected chi connectivity index (χ3v) is 4.62. The van der Waals surface area contributed by atoms with E-state index in [1.54, 1.807) is 0 Å². The molecule has 1 aliphatic heterocycles. The molecule has 0 aliphatic carbocycles. The molecule has 4 nitrogen and oxygen atoms in total. The van der Waals surface area contributed by atoms with E-state index >= 15 is 0 Å². The van der Waals surface area contributed by atoms with Gasteiger partial charge in [0.25, 0.3) is 0 Å². The summed E-state index contributed by atoms with van der Waals surface area (Å²) in [6, 6.07) is 10.9. The van der Waals surface area contributed by atoms with Crippen LogP contribution in [0.5, 0.6) is 0 Å². The van der Waals surface area contributed by atoms with Gasteiger partial charge in [0.2, 0.25) is 0 Å². The standard InChI is InChI=1S/C17H24N4/c1-14-18-19-17(20(14)2)13-21-10-8-16(9-11-21)12-15-6-4-3-5-7-15/h3-7,16H,8-13H2,1-2H3. The van der Waals surface area contributed by atoms with Crippen molar-refractivity contribution in [2.75, 3.05) is 13.1 Å². The first-order valence-corrected chi connectivity index (χ1v) is 7.83. The van der Waals surface area contributed by atoms with E-state index in [9.17, 15) is 0 Å². The fraction of sp³-hybridized carbons (Fsp3) is 0.529. The van der Waals surface area contributed by atoms with Gasteiger partial charge < -0.3 is 4.57 Å². The molecule has 2 heterocycles. The Labute approximate surface area is 126 Å². The van der Waals surface area contributed by atoms with Crippen molar-refractivity contribution in [1.29, 1.82) is 0 Å². The van der Waals surface area contributed by atoms with Crippen LogP contribution in [0.15, 0.2) is 30.3 Å². The van der Waals surface area contributed by atoms with Gasteiger partial charge in [-0.05, 0) is 50.8 Å². The van der Waals surface area contributed by atoms with Gasteiger partial charge in [-0.15, -0.1) is 10.2 Å². The molecule has 0 amide bonds. The molecule has 1 aromatic carbocycles. The van der Waals surface area contributed by atoms with Gasteiger partial charge in [0.1, 0.15) is 11.6 Å². The minimum Gasteiger partial charge on any atom is -0.317 e. The van der Waals surface area contributed by atoms with Gasteiger partial charge >= 0.3 is 0 Å². The smallest absolute Gasteiger partial charge is 0.146 e. The van der Waals surface area contributed by atoms with E-state index in [1.165, 1.54) is 37.9 Å². The lowest BCUT2D eigenvalue weighted by Crippen LogP contribution is -2.34. The molecule has 1 saturated heterocycles. The molecule has 21 heavy (non-hydrogen) atoms. The van der Waals surface area contributed by atoms with E-state index in [2.05, 4.69) is 50.0 Å². The minimum absolute atomic E-state index is 0.824. The summed E-state index contributed by atoms with van der Waals surface area (Å²) in [6.07, 6.45) is 3.79. The Morgan fingerprint density at radius 3 is 2.43 bits per heavy atom. The van der Waals surface area contributed by atoms with Crippen molar-refractivity contribution in [3.8, 4) is 0 Å². The van der Waals surface area contributed by atoms with Crippen molar-refractivity contribution in [2.45, 2.75) is 32.7 Å². The number of aryl methyl sites for hydroxylation is 1. The molecule has 1 aliphatic rings. The van der Waals surface area contributed by atoms with Crippen molar-refractivity contribution >= 4 is 0 Å². The average molecular weight is 284 g/mol. The van der Waals surface area contributed by atoms with Gasteiger partial charge in [0.05, 0.1) is 6.54 Å². The van der Waals surface area contributed by atoms with Gasteiger partial charge in [-0.1, -0.05) is 30.3 Å². The summed E-state index contributed by atoms with van der Waals surface area (Å²) < 4.78 is 2.09. The van der Waals surface area contributed by atoms with Crippen LogP contribution in [0.4, 0.5) is 0 Å². The van der Waals surface area contributed by atoms with E-state index in [0.717, 1.165) is 24.1 Å². The Morgan fingerprint density at radius 1 is 1.10 bits per heavy atom. The lowest BCUT2D eigenvalue weighted by Gasteiger charge is -2.31. The fourth-order valence-electron chi connectivity index (χ4n) is 3.08. The summed E-state index contributed by atoms with van der Waals surface area (Å²) in [4.78, 5) is 2.50. The highest BCUT2D eigenvalue weighted by atomic mass is 15.3. The van der Waals surface area contributed by atoms with Gasteiger partial charge in [-0.3, -0.25) is 4.90 Å². The zero-order chi connectivity index (χ0) is 14.7. The predicted molar refractivity (Wildman–Crippen MR) is 83.9 cm³/mol. The van der Waals surface area contributed by atoms with Gasteiger partial charge in [0, 0.05) is 7.05 Å². The molecule has 0 radical (unpaired) electrons. The van der Waals surface area contributed by atoms with Crippen LogP contribution in [0.2, 0.25) is 0 Å². The first kappa shape index (κ1) is 14.3. The summed E-state index contributed by atoms with van der Waals surface area (Å²) in [7, 11) is 2.05. The van der Waals surface area contributed by atoms with Crippen LogP contribution in [0.3, 0.4) is 0 Å². The number of aromatic nitrogens is 3. The zero-order valence-electron chi connectivity index (χ0n) is 13.0. The van der Waals surface area contributed by atoms with Crippen LogP contribution in [0.1, 0.15) is 30.1 Å². The highest BCUT2D eigenvalue weighted by Gasteiger charge is 2.20. The van der Waals surface area contributed by atoms with Crippen molar-refractivity contribution in [1.82, 2.24) is 19.7 Å². The van der Waals surface area contributed by atoms with Crippen LogP contribution in [0.25, 0.3) is 0 Å². The number of likely N-dealkylation sites (tertiary alicyclic amines) is 1. The number of hydrogen-bond donors (Lipinski definition) is 0. The summed E-state index contributed by atoms with van der Waals surface area (Å²) in [5.74, 6) is 2.89. The van der Waals surface area contributed by atoms with Crippen LogP contribution in [-0.4, -0.2) is 32.8 Å². The molecule has 0 unspecified atom stereocenters. The SMILES string of the molecule is Cc1nnc(CN2CCC(Cc3ccccc3)CC2)n1C. The maximum absolute atomic E-state index is 4.27. The zero-order valence-corrected chi connectivity index (χ0v) is 13.0. The van der Waals surface area contributed by atoms with Crippen LogP contribution in [0, 0.1) is 12.8 Å². The maximum Gasteiger partial charge on any atom is 0.146 e. The predicted octanol–water partition coefficient (Wildman–Crippen LogP) is 2.58. The second-order valence-corrected chi connectivity index (χ2v) is 6.13. The average Bonchev–Trinajstić information content (AvgIpc) is 2.82. The topological polar surface area (TPSA) is 34.0 Å². The normalized spacial score (nSPS) is 17.2. The van der Waals surface area contributed by atoms with E-state index in [-0.39, 0.29) is 0 Å². The van der Waals surface area contributed by atoms with Crippen LogP contribution < -0.4 is 0 Å². The second-order valence-electron chi connectivity index (χ2n) is 6.13. The van der Waals surface area contributed by atoms with Gasteiger partial charge in [0.15, 0.2) is 0 Å². The molecule has 0 N–H and O–H groups in total. The van der Waals surface area contributed by atoms with Gasteiger partial charge in [-0.2, -0.15) is 0 Å². The molecular formula is C17H24N4. The van der Waals surface area contributed by atoms with Crippen molar-refractivity contribution in [3.63, 3.8) is 0 Å². The van der Waals surface area contributed by atoms with E-state index in [0.29, 0.717) is 0 Å². The lowest BCUT2D eigenvalue weighted by molar-refractivity contribution is 0.172. The largest absolute Gasteiger partial charge is 0.317 e. The summed E-state index contributed by atoms with van der Waals surface area (Å²) in [5.41, 5.74) is 1.47. The van der Waals surface area contributed by atoms with Crippen molar-refractivity contribution < 1.29 is 0 Å². The molecule has 0 atom stereocenters. The highest BCUT2D eigenvalue weighted by molar-refractivity contribution is 5.15. The van der Waals surface area contributed by atoms with Crippen molar-refractivity contribution in [2.24, 2.45) is 13.0 Å². The minimum atomic E-state index is 0.824. The second kappa shape index (κ2) is 6.39. The molecule has 4 heteroatoms. The highest BCUT2D eigenvalue weighted by Crippen LogP contribution is 2.22. The Balaban J connectivity index is 1.50. The van der Waals surface area contributed by atoms with E-state index < -0.39 is 0 Å². The van der Waals surface area contributed by atoms with Crippen LogP contribution >= 0.6 is 0 Å². The van der Waals surface area contributed by atoms with Crippen LogP contribution in [-0.2, 0) is 20.0 Å². The van der Waals surface area contributed by atoms with E-state index in [4.69, 9.17) is 0 Å². The Morgan fingerprint density at radius 2 is 1.81 bits per heavy atom. The first-order valence-electron chi connectivity index (χ1n) is 7.83.